The summed E-state index contributed by atoms with van der Waals surface area (Å²) in [5, 5.41) is 12.6. The Kier molecular flexibility index (Phi) is 5.45. The van der Waals surface area contributed by atoms with E-state index in [1.807, 2.05) is 0 Å². The first-order valence-electron chi connectivity index (χ1n) is 5.54. The molecule has 1 aromatic rings. The number of ether oxygens (including phenoxy) is 1. The van der Waals surface area contributed by atoms with Gasteiger partial charge in [0.1, 0.15) is 18.1 Å². The van der Waals surface area contributed by atoms with Gasteiger partial charge in [-0.25, -0.2) is 4.39 Å². The Labute approximate surface area is 113 Å². The average molecular weight is 284 g/mol. The topological polar surface area (TPSA) is 105 Å². The van der Waals surface area contributed by atoms with E-state index in [-0.39, 0.29) is 11.3 Å². The number of amides is 2. The van der Waals surface area contributed by atoms with Gasteiger partial charge in [0.2, 0.25) is 5.91 Å². The van der Waals surface area contributed by atoms with Gasteiger partial charge in [0.05, 0.1) is 19.2 Å². The van der Waals surface area contributed by atoms with Crippen LogP contribution in [0.25, 0.3) is 0 Å². The van der Waals surface area contributed by atoms with Crippen LogP contribution in [0.2, 0.25) is 0 Å². The van der Waals surface area contributed by atoms with Crippen LogP contribution in [0.1, 0.15) is 10.4 Å². The van der Waals surface area contributed by atoms with Crippen LogP contribution in [-0.4, -0.2) is 43.1 Å². The monoisotopic (exact) mass is 284 g/mol. The largest absolute Gasteiger partial charge is 0.497 e. The van der Waals surface area contributed by atoms with Crippen molar-refractivity contribution in [1.82, 2.24) is 10.6 Å². The van der Waals surface area contributed by atoms with E-state index in [2.05, 4.69) is 10.6 Å². The van der Waals surface area contributed by atoms with Crippen molar-refractivity contribution < 1.29 is 28.6 Å². The summed E-state index contributed by atoms with van der Waals surface area (Å²) in [5.41, 5.74) is -0.239. The Bertz CT molecular complexity index is 533. The first kappa shape index (κ1) is 15.4. The average Bonchev–Trinajstić information content (AvgIpc) is 2.42. The normalized spacial score (nSPS) is 9.70. The molecule has 0 aliphatic carbocycles. The maximum atomic E-state index is 13.5. The Morgan fingerprint density at radius 3 is 2.50 bits per heavy atom. The lowest BCUT2D eigenvalue weighted by Gasteiger charge is -2.07. The molecule has 20 heavy (non-hydrogen) atoms. The van der Waals surface area contributed by atoms with E-state index in [9.17, 15) is 18.8 Å². The number of hydrogen-bond donors (Lipinski definition) is 3. The summed E-state index contributed by atoms with van der Waals surface area (Å²) in [6, 6.07) is 3.67. The zero-order chi connectivity index (χ0) is 15.1. The molecule has 0 unspecified atom stereocenters. The lowest BCUT2D eigenvalue weighted by Crippen LogP contribution is -2.39. The minimum atomic E-state index is -1.20. The Balaban J connectivity index is 2.55. The first-order valence-corrected chi connectivity index (χ1v) is 5.54. The van der Waals surface area contributed by atoms with E-state index in [0.717, 1.165) is 6.07 Å². The number of carbonyl (C=O) groups excluding carboxylic acids is 2. The molecule has 0 fully saturated rings. The van der Waals surface area contributed by atoms with Crippen molar-refractivity contribution in [2.75, 3.05) is 20.2 Å². The molecular weight excluding hydrogens is 271 g/mol. The molecule has 0 aromatic heterocycles. The van der Waals surface area contributed by atoms with E-state index >= 15 is 0 Å². The van der Waals surface area contributed by atoms with Crippen LogP contribution in [0.5, 0.6) is 5.75 Å². The van der Waals surface area contributed by atoms with E-state index in [1.54, 1.807) is 0 Å². The molecule has 0 aliphatic rings. The van der Waals surface area contributed by atoms with Gasteiger partial charge in [-0.05, 0) is 12.1 Å². The minimum Gasteiger partial charge on any atom is -0.497 e. The molecule has 7 nitrogen and oxygen atoms in total. The van der Waals surface area contributed by atoms with E-state index in [0.29, 0.717) is 0 Å². The van der Waals surface area contributed by atoms with E-state index in [4.69, 9.17) is 9.84 Å². The number of aliphatic carboxylic acids is 1. The maximum Gasteiger partial charge on any atom is 0.322 e. The van der Waals surface area contributed by atoms with Gasteiger partial charge >= 0.3 is 5.97 Å². The smallest absolute Gasteiger partial charge is 0.322 e. The van der Waals surface area contributed by atoms with Crippen molar-refractivity contribution in [3.63, 3.8) is 0 Å². The lowest BCUT2D eigenvalue weighted by molar-refractivity contribution is -0.137. The van der Waals surface area contributed by atoms with Gasteiger partial charge < -0.3 is 20.5 Å². The molecule has 0 bridgehead atoms. The lowest BCUT2D eigenvalue weighted by atomic mass is 10.2. The summed E-state index contributed by atoms with van der Waals surface area (Å²) in [6.45, 7) is -0.997. The molecule has 1 aromatic carbocycles. The Hall–Kier alpha value is -2.64. The highest BCUT2D eigenvalue weighted by molar-refractivity contribution is 5.97. The molecule has 0 heterocycles. The predicted molar refractivity (Wildman–Crippen MR) is 65.9 cm³/mol. The zero-order valence-electron chi connectivity index (χ0n) is 10.6. The fourth-order valence-electron chi connectivity index (χ4n) is 1.30. The van der Waals surface area contributed by atoms with Crippen LogP contribution < -0.4 is 15.4 Å². The van der Waals surface area contributed by atoms with Crippen LogP contribution in [-0.2, 0) is 9.59 Å². The van der Waals surface area contributed by atoms with Gasteiger partial charge in [-0.2, -0.15) is 0 Å². The highest BCUT2D eigenvalue weighted by atomic mass is 19.1. The number of benzene rings is 1. The van der Waals surface area contributed by atoms with Gasteiger partial charge in [-0.15, -0.1) is 0 Å². The zero-order valence-corrected chi connectivity index (χ0v) is 10.6. The quantitative estimate of drug-likeness (QED) is 0.669. The van der Waals surface area contributed by atoms with Crippen molar-refractivity contribution in [2.45, 2.75) is 0 Å². The van der Waals surface area contributed by atoms with Crippen LogP contribution in [0.15, 0.2) is 18.2 Å². The van der Waals surface area contributed by atoms with Gasteiger partial charge in [-0.3, -0.25) is 14.4 Å². The number of hydrogen-bond acceptors (Lipinski definition) is 4. The van der Waals surface area contributed by atoms with Crippen LogP contribution in [0, 0.1) is 5.82 Å². The summed E-state index contributed by atoms with van der Waals surface area (Å²) in [4.78, 5) is 33.0. The van der Waals surface area contributed by atoms with Crippen LogP contribution >= 0.6 is 0 Å². The van der Waals surface area contributed by atoms with Crippen LogP contribution in [0.3, 0.4) is 0 Å². The summed E-state index contributed by atoms with van der Waals surface area (Å²) in [5.74, 6) is -3.19. The third-order valence-electron chi connectivity index (χ3n) is 2.27. The fourth-order valence-corrected chi connectivity index (χ4v) is 1.30. The summed E-state index contributed by atoms with van der Waals surface area (Å²) in [6.07, 6.45) is 0. The van der Waals surface area contributed by atoms with Crippen molar-refractivity contribution in [3.05, 3.63) is 29.6 Å². The van der Waals surface area contributed by atoms with Crippen molar-refractivity contribution in [3.8, 4) is 5.75 Å². The minimum absolute atomic E-state index is 0.239. The molecule has 1 rings (SSSR count). The van der Waals surface area contributed by atoms with E-state index in [1.165, 1.54) is 19.2 Å². The fraction of sp³-hybridized carbons (Fsp3) is 0.250. The Morgan fingerprint density at radius 2 is 1.95 bits per heavy atom. The standard InChI is InChI=1S/C12H13FN2O5/c1-20-7-2-3-8(9(13)4-7)12(19)15-5-10(16)14-6-11(17)18/h2-4H,5-6H2,1H3,(H,14,16)(H,15,19)(H,17,18). The molecule has 0 radical (unpaired) electrons. The molecule has 0 aliphatic heterocycles. The van der Waals surface area contributed by atoms with Crippen LogP contribution in [0.4, 0.5) is 4.39 Å². The number of rotatable bonds is 6. The number of methoxy groups -OCH3 is 1. The second kappa shape index (κ2) is 7.07. The summed E-state index contributed by atoms with van der Waals surface area (Å²) in [7, 11) is 1.36. The SMILES string of the molecule is COc1ccc(C(=O)NCC(=O)NCC(=O)O)c(F)c1. The molecule has 0 saturated heterocycles. The molecule has 8 heteroatoms. The van der Waals surface area contributed by atoms with Gasteiger partial charge in [0.15, 0.2) is 0 Å². The van der Waals surface area contributed by atoms with Gasteiger partial charge in [-0.1, -0.05) is 0 Å². The first-order chi connectivity index (χ1) is 9.43. The molecule has 2 amide bonds. The van der Waals surface area contributed by atoms with E-state index < -0.39 is 36.7 Å². The third kappa shape index (κ3) is 4.56. The molecule has 108 valence electrons. The number of halogens is 1. The molecule has 0 spiro atoms. The number of nitrogens with one attached hydrogen (secondary N) is 2. The Morgan fingerprint density at radius 1 is 1.25 bits per heavy atom. The number of carboxylic acid groups (broad SMARTS) is 1. The number of carboxylic acids is 1. The highest BCUT2D eigenvalue weighted by Crippen LogP contribution is 2.15. The molecule has 3 N–H and O–H groups in total. The molecular formula is C12H13FN2O5. The summed E-state index contributed by atoms with van der Waals surface area (Å²) >= 11 is 0. The van der Waals surface area contributed by atoms with Crippen molar-refractivity contribution in [1.29, 1.82) is 0 Å². The molecule has 0 saturated carbocycles. The highest BCUT2D eigenvalue weighted by Gasteiger charge is 2.13. The van der Waals surface area contributed by atoms with Crippen molar-refractivity contribution in [2.24, 2.45) is 0 Å². The second-order valence-corrected chi connectivity index (χ2v) is 3.70. The van der Waals surface area contributed by atoms with Gasteiger partial charge in [0, 0.05) is 6.07 Å². The summed E-state index contributed by atoms with van der Waals surface area (Å²) < 4.78 is 18.3. The third-order valence-corrected chi connectivity index (χ3v) is 2.27. The number of carbonyl (C=O) groups is 3. The van der Waals surface area contributed by atoms with Gasteiger partial charge in [0.25, 0.3) is 5.91 Å². The predicted octanol–water partition coefficient (Wildman–Crippen LogP) is -0.235. The maximum absolute atomic E-state index is 13.5. The van der Waals surface area contributed by atoms with Crippen molar-refractivity contribution >= 4 is 17.8 Å². The molecule has 0 atom stereocenters. The second-order valence-electron chi connectivity index (χ2n) is 3.70.